The first-order chi connectivity index (χ1) is 2.00. The molecule has 0 aliphatic rings. The van der Waals surface area contributed by atoms with Gasteiger partial charge < -0.3 is 9.11 Å². The van der Waals surface area contributed by atoms with Crippen molar-refractivity contribution < 1.29 is 57.5 Å². The van der Waals surface area contributed by atoms with Crippen molar-refractivity contribution in [3.63, 3.8) is 0 Å². The van der Waals surface area contributed by atoms with Crippen LogP contribution in [0.2, 0.25) is 0 Å². The summed E-state index contributed by atoms with van der Waals surface area (Å²) in [4.78, 5) is 0. The first-order valence-electron chi connectivity index (χ1n) is 0.667. The zero-order valence-electron chi connectivity index (χ0n) is 3.10. The molecule has 0 rings (SSSR count). The molecule has 0 atom stereocenters. The molecule has 37 valence electrons. The van der Waals surface area contributed by atoms with Gasteiger partial charge in [0.1, 0.15) is 0 Å². The van der Waals surface area contributed by atoms with Gasteiger partial charge in [-0.3, -0.25) is 8.42 Å². The normalized spacial score (nSPS) is 8.29. The Morgan fingerprint density at radius 2 is 1.14 bits per heavy atom. The van der Waals surface area contributed by atoms with Crippen molar-refractivity contribution in [3.8, 4) is 0 Å². The van der Waals surface area contributed by atoms with E-state index in [2.05, 4.69) is 0 Å². The average molecular weight is 391 g/mol. The average Bonchev–Trinajstić information content (AvgIpc) is 0.722. The second kappa shape index (κ2) is 6.88. The van der Waals surface area contributed by atoms with E-state index in [0.717, 1.165) is 0 Å². The zero-order valence-corrected chi connectivity index (χ0v) is 10.6. The Kier molecular flexibility index (Phi) is 16.1. The maximum Gasteiger partial charge on any atom is 3.00 e. The molecule has 1 radical (unpaired) electrons. The molecule has 0 bridgehead atoms. The summed E-state index contributed by atoms with van der Waals surface area (Å²) < 4.78 is 34.1. The third-order valence-electron chi connectivity index (χ3n) is 0. The standard InChI is InChI=1S/Ba.Gd.H2O4S/c;;1-5(2,3)4/h;;(H2,1,2,3,4)/q+2;+3;/p-2. The molecular weight excluding hydrogens is 391 g/mol. The van der Waals surface area contributed by atoms with E-state index in [1.165, 1.54) is 0 Å². The first-order valence-corrected chi connectivity index (χ1v) is 2.00. The molecule has 0 aliphatic carbocycles. The van der Waals surface area contributed by atoms with Gasteiger partial charge in [0.25, 0.3) is 0 Å². The summed E-state index contributed by atoms with van der Waals surface area (Å²) in [6.07, 6.45) is 0. The largest absolute Gasteiger partial charge is 3.00 e. The summed E-state index contributed by atoms with van der Waals surface area (Å²) in [6, 6.07) is 0. The minimum atomic E-state index is -5.17. The topological polar surface area (TPSA) is 80.3 Å². The molecule has 0 amide bonds. The quantitative estimate of drug-likeness (QED) is 0.280. The molecule has 0 saturated carbocycles. The van der Waals surface area contributed by atoms with Crippen molar-refractivity contribution in [2.75, 3.05) is 0 Å². The van der Waals surface area contributed by atoms with E-state index in [1.54, 1.807) is 0 Å². The molecule has 7 heteroatoms. The minimum absolute atomic E-state index is 0. The van der Waals surface area contributed by atoms with Crippen LogP contribution in [0.3, 0.4) is 0 Å². The fraction of sp³-hybridized carbons (Fsp3) is 0. The van der Waals surface area contributed by atoms with Crippen molar-refractivity contribution >= 4 is 59.3 Å². The molecule has 0 unspecified atom stereocenters. The van der Waals surface area contributed by atoms with E-state index in [-0.39, 0.29) is 88.8 Å². The van der Waals surface area contributed by atoms with Gasteiger partial charge in [-0.15, -0.1) is 0 Å². The molecule has 0 aromatic rings. The fourth-order valence-electron chi connectivity index (χ4n) is 0. The Labute approximate surface area is 114 Å². The monoisotopic (exact) mass is 392 g/mol. The Bertz CT molecular complexity index is 94.9. The maximum atomic E-state index is 8.52. The molecule has 0 saturated heterocycles. The van der Waals surface area contributed by atoms with Crippen LogP contribution in [-0.2, 0) is 10.4 Å². The number of hydrogen-bond acceptors (Lipinski definition) is 4. The number of hydrogen-bond donors (Lipinski definition) is 0. The van der Waals surface area contributed by atoms with Gasteiger partial charge in [0.2, 0.25) is 0 Å². The second-order valence-corrected chi connectivity index (χ2v) is 1.22. The molecule has 0 aliphatic heterocycles. The van der Waals surface area contributed by atoms with Gasteiger partial charge in [0, 0.05) is 10.4 Å². The summed E-state index contributed by atoms with van der Waals surface area (Å²) in [7, 11) is -5.17. The van der Waals surface area contributed by atoms with E-state index in [0.29, 0.717) is 0 Å². The van der Waals surface area contributed by atoms with Gasteiger partial charge >= 0.3 is 88.8 Å². The molecular formula is BaGdO4S+3. The Morgan fingerprint density at radius 1 is 1.14 bits per heavy atom. The smallest absolute Gasteiger partial charge is 0.759 e. The Morgan fingerprint density at radius 3 is 1.14 bits per heavy atom. The molecule has 0 fully saturated rings. The van der Waals surface area contributed by atoms with Crippen LogP contribution in [0.25, 0.3) is 0 Å². The molecule has 0 spiro atoms. The molecule has 7 heavy (non-hydrogen) atoms. The van der Waals surface area contributed by atoms with Crippen LogP contribution >= 0.6 is 0 Å². The predicted molar refractivity (Wildman–Crippen MR) is 16.2 cm³/mol. The van der Waals surface area contributed by atoms with Crippen molar-refractivity contribution in [1.82, 2.24) is 0 Å². The summed E-state index contributed by atoms with van der Waals surface area (Å²) in [5.41, 5.74) is 0. The fourth-order valence-corrected chi connectivity index (χ4v) is 0. The summed E-state index contributed by atoms with van der Waals surface area (Å²) in [5, 5.41) is 0. The van der Waals surface area contributed by atoms with Crippen LogP contribution in [0.5, 0.6) is 0 Å². The van der Waals surface area contributed by atoms with E-state index in [4.69, 9.17) is 17.5 Å². The summed E-state index contributed by atoms with van der Waals surface area (Å²) in [6.45, 7) is 0. The maximum absolute atomic E-state index is 8.52. The van der Waals surface area contributed by atoms with Crippen molar-refractivity contribution in [2.45, 2.75) is 0 Å². The van der Waals surface area contributed by atoms with Gasteiger partial charge in [-0.2, -0.15) is 0 Å². The van der Waals surface area contributed by atoms with Crippen LogP contribution < -0.4 is 0 Å². The predicted octanol–water partition coefficient (Wildman–Crippen LogP) is -1.72. The van der Waals surface area contributed by atoms with Crippen molar-refractivity contribution in [1.29, 1.82) is 0 Å². The van der Waals surface area contributed by atoms with Crippen LogP contribution in [0, 0.1) is 39.9 Å². The molecule has 4 nitrogen and oxygen atoms in total. The minimum Gasteiger partial charge on any atom is -0.759 e. The van der Waals surface area contributed by atoms with E-state index in [9.17, 15) is 0 Å². The van der Waals surface area contributed by atoms with E-state index >= 15 is 0 Å². The van der Waals surface area contributed by atoms with Crippen LogP contribution in [0.4, 0.5) is 0 Å². The van der Waals surface area contributed by atoms with Crippen LogP contribution in [0.15, 0.2) is 0 Å². The van der Waals surface area contributed by atoms with Gasteiger partial charge in [0.15, 0.2) is 0 Å². The summed E-state index contributed by atoms with van der Waals surface area (Å²) in [5.74, 6) is 0. The van der Waals surface area contributed by atoms with Crippen molar-refractivity contribution in [2.24, 2.45) is 0 Å². The zero-order chi connectivity index (χ0) is 4.50. The van der Waals surface area contributed by atoms with Crippen LogP contribution in [0.1, 0.15) is 0 Å². The Balaban J connectivity index is -0.0000000800. The Hall–Kier alpha value is 2.77. The molecule has 0 N–H and O–H groups in total. The van der Waals surface area contributed by atoms with Gasteiger partial charge in [-0.25, -0.2) is 0 Å². The van der Waals surface area contributed by atoms with Gasteiger partial charge in [-0.05, 0) is 0 Å². The first kappa shape index (κ1) is 16.4. The molecule has 0 aromatic carbocycles. The summed E-state index contributed by atoms with van der Waals surface area (Å²) >= 11 is 0. The second-order valence-electron chi connectivity index (χ2n) is 0.408. The van der Waals surface area contributed by atoms with Gasteiger partial charge in [-0.1, -0.05) is 0 Å². The SMILES string of the molecule is O=S(=O)([O-])[O-].[Ba+2].[Gd+3]. The molecule has 0 aromatic heterocycles. The third-order valence-corrected chi connectivity index (χ3v) is 0. The van der Waals surface area contributed by atoms with E-state index in [1.807, 2.05) is 0 Å². The van der Waals surface area contributed by atoms with Crippen LogP contribution in [-0.4, -0.2) is 66.4 Å². The molecule has 0 heterocycles. The van der Waals surface area contributed by atoms with E-state index < -0.39 is 10.4 Å². The number of rotatable bonds is 0. The third kappa shape index (κ3) is 52.5. The van der Waals surface area contributed by atoms with Crippen molar-refractivity contribution in [3.05, 3.63) is 0 Å². The van der Waals surface area contributed by atoms with Gasteiger partial charge in [0.05, 0.1) is 0 Å².